The summed E-state index contributed by atoms with van der Waals surface area (Å²) < 4.78 is 38.8. The van der Waals surface area contributed by atoms with Crippen LogP contribution in [0.25, 0.3) is 0 Å². The summed E-state index contributed by atoms with van der Waals surface area (Å²) >= 11 is 2.21. The van der Waals surface area contributed by atoms with E-state index in [4.69, 9.17) is 0 Å². The number of benzene rings is 2. The molecule has 1 N–H and O–H groups in total. The Hall–Kier alpha value is -1.15. The van der Waals surface area contributed by atoms with E-state index in [9.17, 15) is 12.8 Å². The number of rotatable bonds is 2. The Balaban J connectivity index is 2.03. The maximum Gasteiger partial charge on any atom is 0.178 e. The van der Waals surface area contributed by atoms with Gasteiger partial charge in [0.05, 0.1) is 16.7 Å². The SMILES string of the molecule is O=S1(=O)CCC(Nc2ccccc2I)c2cc(F)ccc21. The molecule has 2 aromatic carbocycles. The zero-order valence-corrected chi connectivity index (χ0v) is 14.0. The molecule has 0 bridgehead atoms. The molecular formula is C15H13FINO2S. The molecule has 1 aliphatic rings. The van der Waals surface area contributed by atoms with E-state index in [2.05, 4.69) is 27.9 Å². The number of hydrogen-bond donors (Lipinski definition) is 1. The highest BCUT2D eigenvalue weighted by Crippen LogP contribution is 2.35. The Morgan fingerprint density at radius 3 is 2.71 bits per heavy atom. The van der Waals surface area contributed by atoms with Crippen molar-refractivity contribution in [2.24, 2.45) is 0 Å². The van der Waals surface area contributed by atoms with Gasteiger partial charge in [-0.1, -0.05) is 12.1 Å². The second-order valence-electron chi connectivity index (χ2n) is 4.97. The van der Waals surface area contributed by atoms with Crippen LogP contribution in [0, 0.1) is 9.39 Å². The zero-order chi connectivity index (χ0) is 15.0. The number of hydrogen-bond acceptors (Lipinski definition) is 3. The molecule has 0 saturated heterocycles. The normalized spacial score (nSPS) is 19.8. The third kappa shape index (κ3) is 2.91. The average Bonchev–Trinajstić information content (AvgIpc) is 2.44. The van der Waals surface area contributed by atoms with Crippen molar-refractivity contribution in [3.63, 3.8) is 0 Å². The van der Waals surface area contributed by atoms with Crippen molar-refractivity contribution in [2.45, 2.75) is 17.4 Å². The summed E-state index contributed by atoms with van der Waals surface area (Å²) in [5.41, 5.74) is 1.44. The fraction of sp³-hybridized carbons (Fsp3) is 0.200. The molecule has 0 saturated carbocycles. The number of nitrogens with one attached hydrogen (secondary N) is 1. The third-order valence-electron chi connectivity index (χ3n) is 3.56. The van der Waals surface area contributed by atoms with Crippen LogP contribution in [0.2, 0.25) is 0 Å². The van der Waals surface area contributed by atoms with Gasteiger partial charge in [-0.2, -0.15) is 0 Å². The lowest BCUT2D eigenvalue weighted by atomic mass is 10.0. The summed E-state index contributed by atoms with van der Waals surface area (Å²) in [5.74, 6) is -0.340. The van der Waals surface area contributed by atoms with E-state index in [1.54, 1.807) is 0 Å². The summed E-state index contributed by atoms with van der Waals surface area (Å²) in [6, 6.07) is 11.4. The average molecular weight is 417 g/mol. The van der Waals surface area contributed by atoms with Crippen LogP contribution in [0.5, 0.6) is 0 Å². The molecule has 6 heteroatoms. The predicted molar refractivity (Wildman–Crippen MR) is 88.6 cm³/mol. The molecule has 21 heavy (non-hydrogen) atoms. The van der Waals surface area contributed by atoms with Gasteiger partial charge in [0, 0.05) is 9.26 Å². The minimum atomic E-state index is -3.30. The van der Waals surface area contributed by atoms with Gasteiger partial charge in [0.2, 0.25) is 0 Å². The van der Waals surface area contributed by atoms with Crippen LogP contribution in [-0.4, -0.2) is 14.2 Å². The minimum absolute atomic E-state index is 0.0761. The van der Waals surface area contributed by atoms with E-state index in [1.165, 1.54) is 18.2 Å². The first-order valence-corrected chi connectivity index (χ1v) is 9.24. The van der Waals surface area contributed by atoms with Gasteiger partial charge in [-0.05, 0) is 64.9 Å². The topological polar surface area (TPSA) is 46.2 Å². The molecule has 0 amide bonds. The van der Waals surface area contributed by atoms with Gasteiger partial charge >= 0.3 is 0 Å². The van der Waals surface area contributed by atoms with Crippen LogP contribution in [0.4, 0.5) is 10.1 Å². The Kier molecular flexibility index (Phi) is 3.92. The zero-order valence-electron chi connectivity index (χ0n) is 11.0. The van der Waals surface area contributed by atoms with Crippen LogP contribution in [0.1, 0.15) is 18.0 Å². The van der Waals surface area contributed by atoms with Crippen molar-refractivity contribution in [3.8, 4) is 0 Å². The van der Waals surface area contributed by atoms with Crippen LogP contribution >= 0.6 is 22.6 Å². The minimum Gasteiger partial charge on any atom is -0.377 e. The van der Waals surface area contributed by atoms with Gasteiger partial charge in [-0.3, -0.25) is 0 Å². The summed E-state index contributed by atoms with van der Waals surface area (Å²) in [6.45, 7) is 0. The van der Waals surface area contributed by atoms with Gasteiger partial charge in [0.1, 0.15) is 5.82 Å². The second kappa shape index (κ2) is 5.57. The first kappa shape index (κ1) is 14.8. The fourth-order valence-corrected chi connectivity index (χ4v) is 4.67. The van der Waals surface area contributed by atoms with Gasteiger partial charge in [0.25, 0.3) is 0 Å². The molecule has 1 aliphatic heterocycles. The molecular weight excluding hydrogens is 404 g/mol. The fourth-order valence-electron chi connectivity index (χ4n) is 2.53. The quantitative estimate of drug-likeness (QED) is 0.598. The largest absolute Gasteiger partial charge is 0.377 e. The van der Waals surface area contributed by atoms with E-state index in [1.807, 2.05) is 24.3 Å². The molecule has 2 aromatic rings. The Morgan fingerprint density at radius 2 is 1.95 bits per heavy atom. The summed E-state index contributed by atoms with van der Waals surface area (Å²) in [7, 11) is -3.30. The van der Waals surface area contributed by atoms with E-state index in [0.717, 1.165) is 9.26 Å². The number of halogens is 2. The van der Waals surface area contributed by atoms with Crippen molar-refractivity contribution in [1.82, 2.24) is 0 Å². The standard InChI is InChI=1S/C15H13FINO2S/c16-10-5-6-15-11(9-10)13(7-8-21(15,19)20)18-14-4-2-1-3-12(14)17/h1-6,9,13,18H,7-8H2. The van der Waals surface area contributed by atoms with E-state index >= 15 is 0 Å². The number of para-hydroxylation sites is 1. The van der Waals surface area contributed by atoms with Crippen LogP contribution in [0.15, 0.2) is 47.4 Å². The van der Waals surface area contributed by atoms with Crippen LogP contribution in [-0.2, 0) is 9.84 Å². The lowest BCUT2D eigenvalue weighted by Gasteiger charge is -2.27. The summed E-state index contributed by atoms with van der Waals surface area (Å²) in [6.07, 6.45) is 0.434. The molecule has 0 aliphatic carbocycles. The number of fused-ring (bicyclic) bond motifs is 1. The van der Waals surface area contributed by atoms with E-state index in [0.29, 0.717) is 12.0 Å². The molecule has 1 atom stereocenters. The smallest absolute Gasteiger partial charge is 0.178 e. The van der Waals surface area contributed by atoms with Gasteiger partial charge in [-0.25, -0.2) is 12.8 Å². The van der Waals surface area contributed by atoms with Crippen LogP contribution in [0.3, 0.4) is 0 Å². The molecule has 0 spiro atoms. The monoisotopic (exact) mass is 417 g/mol. The molecule has 1 unspecified atom stereocenters. The Labute approximate surface area is 136 Å². The lowest BCUT2D eigenvalue weighted by Crippen LogP contribution is -2.25. The van der Waals surface area contributed by atoms with Crippen molar-refractivity contribution in [2.75, 3.05) is 11.1 Å². The first-order chi connectivity index (χ1) is 9.97. The Morgan fingerprint density at radius 1 is 1.19 bits per heavy atom. The van der Waals surface area contributed by atoms with E-state index in [-0.39, 0.29) is 16.7 Å². The van der Waals surface area contributed by atoms with E-state index < -0.39 is 15.7 Å². The summed E-state index contributed by atoms with van der Waals surface area (Å²) in [5, 5.41) is 3.33. The first-order valence-electron chi connectivity index (χ1n) is 6.51. The molecule has 0 fully saturated rings. The summed E-state index contributed by atoms with van der Waals surface area (Å²) in [4.78, 5) is 0.235. The van der Waals surface area contributed by atoms with Gasteiger partial charge in [-0.15, -0.1) is 0 Å². The highest BCUT2D eigenvalue weighted by Gasteiger charge is 2.30. The predicted octanol–water partition coefficient (Wildman–Crippen LogP) is 3.76. The number of anilines is 1. The van der Waals surface area contributed by atoms with Crippen LogP contribution < -0.4 is 5.32 Å². The maximum atomic E-state index is 13.5. The maximum absolute atomic E-state index is 13.5. The molecule has 0 aromatic heterocycles. The molecule has 0 radical (unpaired) electrons. The molecule has 110 valence electrons. The van der Waals surface area contributed by atoms with Crippen molar-refractivity contribution >= 4 is 38.1 Å². The highest BCUT2D eigenvalue weighted by molar-refractivity contribution is 14.1. The molecule has 3 rings (SSSR count). The molecule has 1 heterocycles. The number of sulfone groups is 1. The van der Waals surface area contributed by atoms with Crippen molar-refractivity contribution < 1.29 is 12.8 Å². The second-order valence-corrected chi connectivity index (χ2v) is 8.21. The highest BCUT2D eigenvalue weighted by atomic mass is 127. The Bertz CT molecular complexity index is 792. The molecule has 3 nitrogen and oxygen atoms in total. The van der Waals surface area contributed by atoms with Gasteiger partial charge in [0.15, 0.2) is 9.84 Å². The van der Waals surface area contributed by atoms with Gasteiger partial charge < -0.3 is 5.32 Å². The third-order valence-corrected chi connectivity index (χ3v) is 6.32. The van der Waals surface area contributed by atoms with Crippen molar-refractivity contribution in [1.29, 1.82) is 0 Å². The van der Waals surface area contributed by atoms with Crippen molar-refractivity contribution in [3.05, 3.63) is 57.4 Å². The lowest BCUT2D eigenvalue weighted by molar-refractivity contribution is 0.570.